The van der Waals surface area contributed by atoms with E-state index in [0.717, 1.165) is 29.4 Å². The molecule has 1 aliphatic rings. The molecule has 2 N–H and O–H groups in total. The van der Waals surface area contributed by atoms with Crippen molar-refractivity contribution >= 4 is 29.0 Å². The number of hydrogen-bond donors (Lipinski definition) is 2. The first-order valence-corrected chi connectivity index (χ1v) is 8.22. The zero-order valence-electron chi connectivity index (χ0n) is 11.8. The zero-order valence-corrected chi connectivity index (χ0v) is 13.3. The Morgan fingerprint density at radius 2 is 1.95 bits per heavy atom. The fourth-order valence-corrected chi connectivity index (χ4v) is 3.48. The molecule has 3 nitrogen and oxygen atoms in total. The summed E-state index contributed by atoms with van der Waals surface area (Å²) in [7, 11) is 0. The van der Waals surface area contributed by atoms with Crippen LogP contribution in [0.25, 0.3) is 11.1 Å². The van der Waals surface area contributed by atoms with Gasteiger partial charge in [-0.15, -0.1) is 0 Å². The third kappa shape index (κ3) is 3.53. The number of H-pyrrole nitrogens is 1. The van der Waals surface area contributed by atoms with Crippen molar-refractivity contribution in [1.82, 2.24) is 10.2 Å². The van der Waals surface area contributed by atoms with Gasteiger partial charge in [0.15, 0.2) is 0 Å². The molecule has 0 amide bonds. The number of aromatic nitrogens is 2. The standard InChI is InChI=1S/C16H19Cl2N3/c17-12-6-7-13(15(18)8-12)14-10-20-21-16(14)19-9-11-4-2-1-3-5-11/h6-8,10-11H,1-5,9H2,(H2,19,20,21). The lowest BCUT2D eigenvalue weighted by Crippen LogP contribution is -2.17. The van der Waals surface area contributed by atoms with Gasteiger partial charge in [0.25, 0.3) is 0 Å². The number of aromatic amines is 1. The van der Waals surface area contributed by atoms with Gasteiger partial charge in [-0.05, 0) is 30.9 Å². The van der Waals surface area contributed by atoms with E-state index in [1.807, 2.05) is 12.1 Å². The lowest BCUT2D eigenvalue weighted by molar-refractivity contribution is 0.373. The second-order valence-electron chi connectivity index (χ2n) is 5.67. The summed E-state index contributed by atoms with van der Waals surface area (Å²) in [6, 6.07) is 5.54. The topological polar surface area (TPSA) is 40.7 Å². The van der Waals surface area contributed by atoms with Crippen LogP contribution in [0.15, 0.2) is 24.4 Å². The lowest BCUT2D eigenvalue weighted by atomic mass is 9.89. The van der Waals surface area contributed by atoms with Gasteiger partial charge < -0.3 is 5.32 Å². The Bertz CT molecular complexity index is 603. The largest absolute Gasteiger partial charge is 0.370 e. The maximum absolute atomic E-state index is 6.29. The molecule has 1 saturated carbocycles. The molecule has 1 fully saturated rings. The van der Waals surface area contributed by atoms with Crippen molar-refractivity contribution in [2.24, 2.45) is 5.92 Å². The summed E-state index contributed by atoms with van der Waals surface area (Å²) in [6.07, 6.45) is 8.53. The van der Waals surface area contributed by atoms with Crippen LogP contribution in [0.4, 0.5) is 5.82 Å². The Morgan fingerprint density at radius 1 is 1.14 bits per heavy atom. The Labute approximate surface area is 135 Å². The van der Waals surface area contributed by atoms with Crippen molar-refractivity contribution in [3.05, 3.63) is 34.4 Å². The number of benzene rings is 1. The van der Waals surface area contributed by atoms with E-state index in [1.165, 1.54) is 32.1 Å². The molecule has 1 aliphatic carbocycles. The summed E-state index contributed by atoms with van der Waals surface area (Å²) < 4.78 is 0. The maximum atomic E-state index is 6.29. The molecule has 3 rings (SSSR count). The number of hydrogen-bond acceptors (Lipinski definition) is 2. The molecule has 0 aliphatic heterocycles. The fraction of sp³-hybridized carbons (Fsp3) is 0.438. The molecule has 1 aromatic heterocycles. The minimum atomic E-state index is 0.643. The Morgan fingerprint density at radius 3 is 2.71 bits per heavy atom. The molecule has 2 aromatic rings. The molecule has 21 heavy (non-hydrogen) atoms. The highest BCUT2D eigenvalue weighted by atomic mass is 35.5. The number of anilines is 1. The quantitative estimate of drug-likeness (QED) is 0.793. The highest BCUT2D eigenvalue weighted by Gasteiger charge is 2.15. The Kier molecular flexibility index (Phi) is 4.71. The third-order valence-electron chi connectivity index (χ3n) is 4.15. The summed E-state index contributed by atoms with van der Waals surface area (Å²) in [4.78, 5) is 0. The van der Waals surface area contributed by atoms with Gasteiger partial charge in [0.2, 0.25) is 0 Å². The number of nitrogens with one attached hydrogen (secondary N) is 2. The number of halogens is 2. The second-order valence-corrected chi connectivity index (χ2v) is 6.51. The maximum Gasteiger partial charge on any atom is 0.129 e. The monoisotopic (exact) mass is 323 g/mol. The second kappa shape index (κ2) is 6.71. The van der Waals surface area contributed by atoms with Gasteiger partial charge in [0, 0.05) is 22.7 Å². The predicted molar refractivity (Wildman–Crippen MR) is 89.1 cm³/mol. The van der Waals surface area contributed by atoms with Crippen LogP contribution in [0, 0.1) is 5.92 Å². The summed E-state index contributed by atoms with van der Waals surface area (Å²) in [5.41, 5.74) is 1.94. The normalized spacial score (nSPS) is 16.1. The summed E-state index contributed by atoms with van der Waals surface area (Å²) >= 11 is 12.2. The van der Waals surface area contributed by atoms with Gasteiger partial charge in [-0.2, -0.15) is 5.10 Å². The van der Waals surface area contributed by atoms with E-state index in [1.54, 1.807) is 12.3 Å². The molecule has 112 valence electrons. The van der Waals surface area contributed by atoms with Gasteiger partial charge in [0.1, 0.15) is 5.82 Å². The molecule has 0 atom stereocenters. The van der Waals surface area contributed by atoms with E-state index < -0.39 is 0 Å². The molecule has 0 radical (unpaired) electrons. The van der Waals surface area contributed by atoms with Crippen molar-refractivity contribution in [1.29, 1.82) is 0 Å². The molecule has 0 saturated heterocycles. The van der Waals surface area contributed by atoms with Gasteiger partial charge >= 0.3 is 0 Å². The Balaban J connectivity index is 1.74. The molecule has 1 aromatic carbocycles. The van der Waals surface area contributed by atoms with Crippen LogP contribution in [0.2, 0.25) is 10.0 Å². The summed E-state index contributed by atoms with van der Waals surface area (Å²) in [5, 5.41) is 12.0. The van der Waals surface area contributed by atoms with Crippen molar-refractivity contribution in [3.63, 3.8) is 0 Å². The van der Waals surface area contributed by atoms with Crippen LogP contribution < -0.4 is 5.32 Å². The van der Waals surface area contributed by atoms with Gasteiger partial charge in [0.05, 0.1) is 11.2 Å². The van der Waals surface area contributed by atoms with Gasteiger partial charge in [-0.3, -0.25) is 5.10 Å². The molecule has 5 heteroatoms. The van der Waals surface area contributed by atoms with Crippen LogP contribution >= 0.6 is 23.2 Å². The highest BCUT2D eigenvalue weighted by molar-refractivity contribution is 6.36. The first-order valence-electron chi connectivity index (χ1n) is 7.46. The van der Waals surface area contributed by atoms with E-state index in [0.29, 0.717) is 10.0 Å². The molecule has 0 bridgehead atoms. The minimum absolute atomic E-state index is 0.643. The predicted octanol–water partition coefficient (Wildman–Crippen LogP) is 5.38. The number of nitrogens with zero attached hydrogens (tertiary/aromatic N) is 1. The fourth-order valence-electron chi connectivity index (χ4n) is 2.97. The van der Waals surface area contributed by atoms with E-state index >= 15 is 0 Å². The first kappa shape index (κ1) is 14.7. The van der Waals surface area contributed by atoms with Crippen molar-refractivity contribution in [2.45, 2.75) is 32.1 Å². The SMILES string of the molecule is Clc1ccc(-c2cn[nH]c2NCC2CCCCC2)c(Cl)c1. The smallest absolute Gasteiger partial charge is 0.129 e. The van der Waals surface area contributed by atoms with E-state index in [-0.39, 0.29) is 0 Å². The molecule has 0 unspecified atom stereocenters. The van der Waals surface area contributed by atoms with Crippen molar-refractivity contribution in [2.75, 3.05) is 11.9 Å². The first-order chi connectivity index (χ1) is 10.2. The van der Waals surface area contributed by atoms with E-state index in [4.69, 9.17) is 23.2 Å². The lowest BCUT2D eigenvalue weighted by Gasteiger charge is -2.22. The molecular formula is C16H19Cl2N3. The molecule has 0 spiro atoms. The van der Waals surface area contributed by atoms with Gasteiger partial charge in [-0.25, -0.2) is 0 Å². The average Bonchev–Trinajstić information content (AvgIpc) is 2.94. The minimum Gasteiger partial charge on any atom is -0.370 e. The molecular weight excluding hydrogens is 305 g/mol. The number of rotatable bonds is 4. The molecule has 1 heterocycles. The van der Waals surface area contributed by atoms with Crippen LogP contribution in [-0.4, -0.2) is 16.7 Å². The average molecular weight is 324 g/mol. The van der Waals surface area contributed by atoms with Crippen LogP contribution in [0.1, 0.15) is 32.1 Å². The van der Waals surface area contributed by atoms with Gasteiger partial charge in [-0.1, -0.05) is 48.5 Å². The summed E-state index contributed by atoms with van der Waals surface area (Å²) in [5.74, 6) is 1.69. The van der Waals surface area contributed by atoms with Crippen LogP contribution in [-0.2, 0) is 0 Å². The van der Waals surface area contributed by atoms with E-state index in [9.17, 15) is 0 Å². The zero-order chi connectivity index (χ0) is 14.7. The highest BCUT2D eigenvalue weighted by Crippen LogP contribution is 2.34. The summed E-state index contributed by atoms with van der Waals surface area (Å²) in [6.45, 7) is 0.987. The van der Waals surface area contributed by atoms with Crippen LogP contribution in [0.3, 0.4) is 0 Å². The van der Waals surface area contributed by atoms with Crippen LogP contribution in [0.5, 0.6) is 0 Å². The van der Waals surface area contributed by atoms with Crippen molar-refractivity contribution in [3.8, 4) is 11.1 Å². The third-order valence-corrected chi connectivity index (χ3v) is 4.70. The van der Waals surface area contributed by atoms with E-state index in [2.05, 4.69) is 15.5 Å². The Hall–Kier alpha value is -1.19. The van der Waals surface area contributed by atoms with Crippen molar-refractivity contribution < 1.29 is 0 Å².